The predicted molar refractivity (Wildman–Crippen MR) is 119 cm³/mol. The highest BCUT2D eigenvalue weighted by Crippen LogP contribution is 2.41. The van der Waals surface area contributed by atoms with E-state index in [1.54, 1.807) is 12.1 Å². The monoisotopic (exact) mass is 466 g/mol. The first-order valence-corrected chi connectivity index (χ1v) is 10.8. The maximum absolute atomic E-state index is 11.4. The van der Waals surface area contributed by atoms with Gasteiger partial charge in [0.15, 0.2) is 10.9 Å². The summed E-state index contributed by atoms with van der Waals surface area (Å²) in [6.07, 6.45) is 0. The summed E-state index contributed by atoms with van der Waals surface area (Å²) in [5.41, 5.74) is 2.60. The van der Waals surface area contributed by atoms with Crippen molar-refractivity contribution >= 4 is 35.0 Å². The van der Waals surface area contributed by atoms with Crippen LogP contribution in [0.25, 0.3) is 5.69 Å². The molecule has 0 fully saturated rings. The molecule has 0 saturated carbocycles. The van der Waals surface area contributed by atoms with Gasteiger partial charge in [-0.15, -0.1) is 10.2 Å². The molecule has 0 aliphatic heterocycles. The van der Waals surface area contributed by atoms with Gasteiger partial charge in [0.25, 0.3) is 0 Å². The van der Waals surface area contributed by atoms with E-state index in [1.165, 1.54) is 11.8 Å². The first kappa shape index (κ1) is 22.4. The number of nitrogens with zero attached hydrogens (tertiary/aromatic N) is 4. The summed E-state index contributed by atoms with van der Waals surface area (Å²) in [4.78, 5) is 11.0. The minimum Gasteiger partial charge on any atom is -0.491 e. The molecule has 0 spiro atoms. The summed E-state index contributed by atoms with van der Waals surface area (Å²) in [5.74, 6) is 1.05. The van der Waals surface area contributed by atoms with E-state index in [0.29, 0.717) is 38.9 Å². The Balaban J connectivity index is 2.01. The lowest BCUT2D eigenvalue weighted by Gasteiger charge is -2.16. The van der Waals surface area contributed by atoms with Crippen LogP contribution in [0.4, 0.5) is 0 Å². The van der Waals surface area contributed by atoms with Crippen LogP contribution in [0.15, 0.2) is 41.6 Å². The van der Waals surface area contributed by atoms with Crippen molar-refractivity contribution in [1.82, 2.24) is 14.8 Å². The Morgan fingerprint density at radius 3 is 2.50 bits per heavy atom. The first-order valence-electron chi connectivity index (χ1n) is 9.19. The van der Waals surface area contributed by atoms with Crippen molar-refractivity contribution in [3.63, 3.8) is 0 Å². The third kappa shape index (κ3) is 5.06. The van der Waals surface area contributed by atoms with Crippen LogP contribution in [0.2, 0.25) is 10.0 Å². The molecule has 3 rings (SSSR count). The summed E-state index contributed by atoms with van der Waals surface area (Å²) in [7, 11) is 0. The molecule has 0 bridgehead atoms. The van der Waals surface area contributed by atoms with Gasteiger partial charge in [-0.1, -0.05) is 47.1 Å². The first-order chi connectivity index (χ1) is 14.3. The molecule has 0 radical (unpaired) electrons. The Morgan fingerprint density at radius 2 is 1.90 bits per heavy atom. The maximum Gasteiger partial charge on any atom is 0.220 e. The normalized spacial score (nSPS) is 12.0. The van der Waals surface area contributed by atoms with Gasteiger partial charge in [-0.3, -0.25) is 14.7 Å². The summed E-state index contributed by atoms with van der Waals surface area (Å²) < 4.78 is 7.34. The molecule has 1 aromatic heterocycles. The zero-order chi connectivity index (χ0) is 21.8. The fraction of sp³-hybridized carbons (Fsp3) is 0.300. The van der Waals surface area contributed by atoms with E-state index >= 15 is 0 Å². The number of hydrogen-bond donors (Lipinski definition) is 0. The van der Waals surface area contributed by atoms with Crippen LogP contribution in [0.3, 0.4) is 0 Å². The number of ether oxygens (including phenoxy) is 1. The third-order valence-corrected chi connectivity index (χ3v) is 6.04. The summed E-state index contributed by atoms with van der Waals surface area (Å²) in [6, 6.07) is 11.2. The van der Waals surface area contributed by atoms with Crippen molar-refractivity contribution < 1.29 is 9.66 Å². The van der Waals surface area contributed by atoms with E-state index in [2.05, 4.69) is 10.2 Å². The molecule has 0 aliphatic rings. The van der Waals surface area contributed by atoms with Gasteiger partial charge >= 0.3 is 0 Å². The molecule has 3 aromatic rings. The van der Waals surface area contributed by atoms with Crippen molar-refractivity contribution in [3.8, 4) is 11.4 Å². The molecule has 158 valence electrons. The van der Waals surface area contributed by atoms with Crippen LogP contribution in [0.5, 0.6) is 5.75 Å². The lowest BCUT2D eigenvalue weighted by Crippen LogP contribution is -2.11. The van der Waals surface area contributed by atoms with Gasteiger partial charge in [0.1, 0.15) is 11.1 Å². The number of nitro groups is 1. The molecule has 0 N–H and O–H groups in total. The van der Waals surface area contributed by atoms with Crippen molar-refractivity contribution in [3.05, 3.63) is 73.5 Å². The molecular formula is C20H20Cl2N4O3S. The number of halogens is 2. The highest BCUT2D eigenvalue weighted by molar-refractivity contribution is 7.99. The van der Waals surface area contributed by atoms with Crippen LogP contribution in [0, 0.1) is 24.0 Å². The minimum absolute atomic E-state index is 0.310. The molecule has 0 amide bonds. The largest absolute Gasteiger partial charge is 0.491 e. The lowest BCUT2D eigenvalue weighted by atomic mass is 10.1. The zero-order valence-corrected chi connectivity index (χ0v) is 19.0. The second-order valence-electron chi connectivity index (χ2n) is 6.57. The average Bonchev–Trinajstić information content (AvgIpc) is 3.04. The van der Waals surface area contributed by atoms with Gasteiger partial charge in [0, 0.05) is 10.6 Å². The number of rotatable bonds is 8. The molecular weight excluding hydrogens is 447 g/mol. The van der Waals surface area contributed by atoms with Crippen molar-refractivity contribution in [2.75, 3.05) is 13.2 Å². The Kier molecular flexibility index (Phi) is 7.23. The zero-order valence-electron chi connectivity index (χ0n) is 16.6. The van der Waals surface area contributed by atoms with E-state index in [0.717, 1.165) is 11.3 Å². The highest BCUT2D eigenvalue weighted by Gasteiger charge is 2.25. The number of benzene rings is 2. The van der Waals surface area contributed by atoms with Gasteiger partial charge < -0.3 is 4.74 Å². The number of hydrogen-bond acceptors (Lipinski definition) is 6. The molecule has 2 aromatic carbocycles. The minimum atomic E-state index is -0.571. The van der Waals surface area contributed by atoms with Crippen LogP contribution >= 0.6 is 35.0 Å². The van der Waals surface area contributed by atoms with Crippen molar-refractivity contribution in [2.24, 2.45) is 0 Å². The van der Waals surface area contributed by atoms with E-state index in [1.807, 2.05) is 49.6 Å². The van der Waals surface area contributed by atoms with Crippen LogP contribution in [0.1, 0.15) is 29.1 Å². The standard InChI is InChI=1S/C20H20Cl2N4O3S/c1-4-29-19-16(21)9-14(10-17(19)22)18(11-25(27)28)30-20-24-23-13(3)26(20)15-7-5-6-12(2)8-15/h5-10,18H,4,11H2,1-3H3/t18-/m0/s1. The fourth-order valence-electron chi connectivity index (χ4n) is 3.00. The fourth-order valence-corrected chi connectivity index (χ4v) is 4.77. The number of thioether (sulfide) groups is 1. The Morgan fingerprint density at radius 1 is 1.20 bits per heavy atom. The SMILES string of the molecule is CCOc1c(Cl)cc([C@H](C[N+](=O)[O-])Sc2nnc(C)n2-c2cccc(C)c2)cc1Cl. The van der Waals surface area contributed by atoms with E-state index < -0.39 is 5.25 Å². The summed E-state index contributed by atoms with van der Waals surface area (Å²) in [5, 5.41) is 20.4. The van der Waals surface area contributed by atoms with Gasteiger partial charge in [-0.25, -0.2) is 0 Å². The summed E-state index contributed by atoms with van der Waals surface area (Å²) in [6.45, 7) is 5.74. The predicted octanol–water partition coefficient (Wildman–Crippen LogP) is 5.70. The topological polar surface area (TPSA) is 83.1 Å². The molecule has 30 heavy (non-hydrogen) atoms. The lowest BCUT2D eigenvalue weighted by molar-refractivity contribution is -0.479. The second kappa shape index (κ2) is 9.68. The molecule has 0 aliphatic carbocycles. The van der Waals surface area contributed by atoms with Crippen LogP contribution < -0.4 is 4.74 Å². The van der Waals surface area contributed by atoms with E-state index in [4.69, 9.17) is 27.9 Å². The molecule has 7 nitrogen and oxygen atoms in total. The summed E-state index contributed by atoms with van der Waals surface area (Å²) >= 11 is 13.9. The molecule has 1 heterocycles. The van der Waals surface area contributed by atoms with Gasteiger partial charge in [0.2, 0.25) is 6.54 Å². The van der Waals surface area contributed by atoms with Gasteiger partial charge in [-0.05, 0) is 56.2 Å². The Hall–Kier alpha value is -2.29. The third-order valence-electron chi connectivity index (χ3n) is 4.30. The van der Waals surface area contributed by atoms with E-state index in [-0.39, 0.29) is 11.5 Å². The molecule has 1 atom stereocenters. The number of aryl methyl sites for hydroxylation is 2. The van der Waals surface area contributed by atoms with Gasteiger partial charge in [-0.2, -0.15) is 0 Å². The quantitative estimate of drug-likeness (QED) is 0.240. The Labute approximate surface area is 188 Å². The van der Waals surface area contributed by atoms with E-state index in [9.17, 15) is 10.1 Å². The molecule has 0 saturated heterocycles. The smallest absolute Gasteiger partial charge is 0.220 e. The van der Waals surface area contributed by atoms with Gasteiger partial charge in [0.05, 0.1) is 16.7 Å². The second-order valence-corrected chi connectivity index (χ2v) is 8.56. The molecule has 10 heteroatoms. The molecule has 0 unspecified atom stereocenters. The van der Waals surface area contributed by atoms with Crippen molar-refractivity contribution in [1.29, 1.82) is 0 Å². The Bertz CT molecular complexity index is 1050. The average molecular weight is 467 g/mol. The van der Waals surface area contributed by atoms with Crippen LogP contribution in [-0.4, -0.2) is 32.8 Å². The van der Waals surface area contributed by atoms with Crippen LogP contribution in [-0.2, 0) is 0 Å². The highest BCUT2D eigenvalue weighted by atomic mass is 35.5. The van der Waals surface area contributed by atoms with Crippen molar-refractivity contribution in [2.45, 2.75) is 31.2 Å². The maximum atomic E-state index is 11.4. The number of aromatic nitrogens is 3.